The highest BCUT2D eigenvalue weighted by Crippen LogP contribution is 2.31. The molecule has 1 aromatic rings. The largest absolute Gasteiger partial charge is 0.465 e. The van der Waals surface area contributed by atoms with Gasteiger partial charge in [0.15, 0.2) is 0 Å². The summed E-state index contributed by atoms with van der Waals surface area (Å²) in [7, 11) is 1.36. The number of hydrogen-bond donors (Lipinski definition) is 1. The van der Waals surface area contributed by atoms with Crippen molar-refractivity contribution in [3.05, 3.63) is 21.8 Å². The predicted octanol–water partition coefficient (Wildman–Crippen LogP) is 2.15. The maximum Gasteiger partial charge on any atom is 0.339 e. The van der Waals surface area contributed by atoms with E-state index in [1.54, 1.807) is 6.07 Å². The van der Waals surface area contributed by atoms with Crippen molar-refractivity contribution >= 4 is 27.7 Å². The SMILES string of the molecule is COC(=O)c1cc(Br)c(N2CCC(CCO)C2)nc1C. The smallest absolute Gasteiger partial charge is 0.339 e. The Hall–Kier alpha value is -1.14. The van der Waals surface area contributed by atoms with Gasteiger partial charge >= 0.3 is 5.97 Å². The molecule has 0 spiro atoms. The Kier molecular flexibility index (Phi) is 4.99. The number of methoxy groups -OCH3 is 1. The minimum absolute atomic E-state index is 0.230. The highest BCUT2D eigenvalue weighted by Gasteiger charge is 2.25. The van der Waals surface area contributed by atoms with Gasteiger partial charge in [-0.1, -0.05) is 0 Å². The zero-order valence-electron chi connectivity index (χ0n) is 11.7. The minimum Gasteiger partial charge on any atom is -0.465 e. The zero-order valence-corrected chi connectivity index (χ0v) is 13.3. The van der Waals surface area contributed by atoms with Crippen LogP contribution in [-0.4, -0.2) is 42.9 Å². The number of pyridine rings is 1. The lowest BCUT2D eigenvalue weighted by Crippen LogP contribution is -2.22. The Morgan fingerprint density at radius 3 is 3.05 bits per heavy atom. The maximum atomic E-state index is 11.6. The van der Waals surface area contributed by atoms with Crippen LogP contribution in [0.5, 0.6) is 0 Å². The van der Waals surface area contributed by atoms with Crippen LogP contribution in [0.15, 0.2) is 10.5 Å². The average Bonchev–Trinajstić information content (AvgIpc) is 2.89. The molecule has 0 bridgehead atoms. The summed E-state index contributed by atoms with van der Waals surface area (Å²) >= 11 is 3.49. The second-order valence-electron chi connectivity index (χ2n) is 5.03. The summed E-state index contributed by atoms with van der Waals surface area (Å²) < 4.78 is 5.54. The van der Waals surface area contributed by atoms with E-state index in [0.29, 0.717) is 17.2 Å². The molecule has 0 amide bonds. The van der Waals surface area contributed by atoms with E-state index in [9.17, 15) is 4.79 Å². The number of aliphatic hydroxyl groups excluding tert-OH is 1. The molecule has 2 heterocycles. The van der Waals surface area contributed by atoms with Crippen LogP contribution < -0.4 is 4.90 Å². The summed E-state index contributed by atoms with van der Waals surface area (Å²) in [5, 5.41) is 9.01. The molecule has 110 valence electrons. The van der Waals surface area contributed by atoms with Gasteiger partial charge in [0.25, 0.3) is 0 Å². The second-order valence-corrected chi connectivity index (χ2v) is 5.89. The summed E-state index contributed by atoms with van der Waals surface area (Å²) in [5.41, 5.74) is 1.15. The van der Waals surface area contributed by atoms with Crippen molar-refractivity contribution in [2.75, 3.05) is 31.7 Å². The van der Waals surface area contributed by atoms with Crippen LogP contribution in [-0.2, 0) is 4.74 Å². The van der Waals surface area contributed by atoms with Gasteiger partial charge < -0.3 is 14.7 Å². The van der Waals surface area contributed by atoms with Gasteiger partial charge in [0.2, 0.25) is 0 Å². The molecule has 1 fully saturated rings. The Balaban J connectivity index is 2.22. The van der Waals surface area contributed by atoms with Crippen molar-refractivity contribution in [1.82, 2.24) is 4.98 Å². The lowest BCUT2D eigenvalue weighted by Gasteiger charge is -2.20. The second kappa shape index (κ2) is 6.54. The van der Waals surface area contributed by atoms with E-state index in [1.807, 2.05) is 6.92 Å². The van der Waals surface area contributed by atoms with Gasteiger partial charge in [-0.25, -0.2) is 9.78 Å². The number of ether oxygens (including phenoxy) is 1. The minimum atomic E-state index is -0.373. The van der Waals surface area contributed by atoms with E-state index < -0.39 is 0 Å². The number of rotatable bonds is 4. The van der Waals surface area contributed by atoms with Crippen molar-refractivity contribution in [3.8, 4) is 0 Å². The summed E-state index contributed by atoms with van der Waals surface area (Å²) in [6.07, 6.45) is 1.89. The van der Waals surface area contributed by atoms with Crippen molar-refractivity contribution in [3.63, 3.8) is 0 Å². The number of aryl methyl sites for hydroxylation is 1. The fraction of sp³-hybridized carbons (Fsp3) is 0.571. The Morgan fingerprint density at radius 1 is 1.65 bits per heavy atom. The standard InChI is InChI=1S/C14H19BrN2O3/c1-9-11(14(19)20-2)7-12(15)13(16-9)17-5-3-10(8-17)4-6-18/h7,10,18H,3-6,8H2,1-2H3. The van der Waals surface area contributed by atoms with E-state index in [2.05, 4.69) is 25.8 Å². The molecule has 0 aliphatic carbocycles. The van der Waals surface area contributed by atoms with Crippen LogP contribution in [0.4, 0.5) is 5.82 Å². The van der Waals surface area contributed by atoms with Crippen LogP contribution >= 0.6 is 15.9 Å². The number of carbonyl (C=O) groups excluding carboxylic acids is 1. The first kappa shape index (κ1) is 15.3. The average molecular weight is 343 g/mol. The molecular formula is C14H19BrN2O3. The normalized spacial score (nSPS) is 18.4. The highest BCUT2D eigenvalue weighted by molar-refractivity contribution is 9.10. The zero-order chi connectivity index (χ0) is 14.7. The number of aliphatic hydroxyl groups is 1. The van der Waals surface area contributed by atoms with Crippen LogP contribution in [0.1, 0.15) is 28.9 Å². The number of aromatic nitrogens is 1. The quantitative estimate of drug-likeness (QED) is 0.849. The van der Waals surface area contributed by atoms with Crippen molar-refractivity contribution in [2.24, 2.45) is 5.92 Å². The molecule has 0 aromatic carbocycles. The molecule has 2 rings (SSSR count). The fourth-order valence-corrected chi connectivity index (χ4v) is 3.12. The summed E-state index contributed by atoms with van der Waals surface area (Å²) in [6.45, 7) is 3.85. The molecular weight excluding hydrogens is 324 g/mol. The van der Waals surface area contributed by atoms with E-state index >= 15 is 0 Å². The van der Waals surface area contributed by atoms with E-state index in [4.69, 9.17) is 9.84 Å². The molecule has 0 radical (unpaired) electrons. The van der Waals surface area contributed by atoms with Gasteiger partial charge in [0.05, 0.1) is 22.8 Å². The first-order valence-electron chi connectivity index (χ1n) is 6.68. The van der Waals surface area contributed by atoms with Crippen molar-refractivity contribution < 1.29 is 14.6 Å². The van der Waals surface area contributed by atoms with Gasteiger partial charge in [0.1, 0.15) is 5.82 Å². The van der Waals surface area contributed by atoms with Gasteiger partial charge in [-0.3, -0.25) is 0 Å². The number of anilines is 1. The summed E-state index contributed by atoms with van der Waals surface area (Å²) in [6, 6.07) is 1.77. The highest BCUT2D eigenvalue weighted by atomic mass is 79.9. The molecule has 1 atom stereocenters. The molecule has 0 saturated carbocycles. The molecule has 1 aliphatic rings. The van der Waals surface area contributed by atoms with Gasteiger partial charge in [-0.15, -0.1) is 0 Å². The topological polar surface area (TPSA) is 62.7 Å². The Morgan fingerprint density at radius 2 is 2.40 bits per heavy atom. The first-order valence-corrected chi connectivity index (χ1v) is 7.47. The molecule has 20 heavy (non-hydrogen) atoms. The number of hydrogen-bond acceptors (Lipinski definition) is 5. The van der Waals surface area contributed by atoms with Gasteiger partial charge in [0, 0.05) is 19.7 Å². The van der Waals surface area contributed by atoms with E-state index in [-0.39, 0.29) is 12.6 Å². The Bertz CT molecular complexity index is 507. The van der Waals surface area contributed by atoms with Crippen LogP contribution in [0.2, 0.25) is 0 Å². The maximum absolute atomic E-state index is 11.6. The third-order valence-corrected chi connectivity index (χ3v) is 4.26. The fourth-order valence-electron chi connectivity index (χ4n) is 2.55. The van der Waals surface area contributed by atoms with Crippen molar-refractivity contribution in [2.45, 2.75) is 19.8 Å². The number of halogens is 1. The number of carbonyl (C=O) groups is 1. The monoisotopic (exact) mass is 342 g/mol. The molecule has 1 aromatic heterocycles. The van der Waals surface area contributed by atoms with Gasteiger partial charge in [-0.05, 0) is 47.7 Å². The molecule has 1 N–H and O–H groups in total. The third kappa shape index (κ3) is 3.12. The number of nitrogens with zero attached hydrogens (tertiary/aromatic N) is 2. The molecule has 1 aliphatic heterocycles. The summed E-state index contributed by atoms with van der Waals surface area (Å²) in [4.78, 5) is 18.4. The molecule has 5 nitrogen and oxygen atoms in total. The molecule has 1 unspecified atom stereocenters. The first-order chi connectivity index (χ1) is 9.56. The van der Waals surface area contributed by atoms with E-state index in [1.165, 1.54) is 7.11 Å². The number of esters is 1. The molecule has 6 heteroatoms. The van der Waals surface area contributed by atoms with Crippen LogP contribution in [0, 0.1) is 12.8 Å². The van der Waals surface area contributed by atoms with E-state index in [0.717, 1.165) is 36.2 Å². The lowest BCUT2D eigenvalue weighted by molar-refractivity contribution is 0.0599. The lowest BCUT2D eigenvalue weighted by atomic mass is 10.1. The Labute approximate surface area is 127 Å². The van der Waals surface area contributed by atoms with Crippen LogP contribution in [0.25, 0.3) is 0 Å². The third-order valence-electron chi connectivity index (χ3n) is 3.68. The predicted molar refractivity (Wildman–Crippen MR) is 80.0 cm³/mol. The van der Waals surface area contributed by atoms with Gasteiger partial charge in [-0.2, -0.15) is 0 Å². The summed E-state index contributed by atoms with van der Waals surface area (Å²) in [5.74, 6) is 0.992. The van der Waals surface area contributed by atoms with Crippen molar-refractivity contribution in [1.29, 1.82) is 0 Å². The molecule has 1 saturated heterocycles. The van der Waals surface area contributed by atoms with Crippen LogP contribution in [0.3, 0.4) is 0 Å².